The molecule has 0 saturated carbocycles. The van der Waals surface area contributed by atoms with E-state index in [-0.39, 0.29) is 60.9 Å². The van der Waals surface area contributed by atoms with Gasteiger partial charge in [0.1, 0.15) is 12.4 Å². The van der Waals surface area contributed by atoms with Crippen LogP contribution in [0.4, 0.5) is 46.5 Å². The molecule has 1 amide bonds. The Morgan fingerprint density at radius 1 is 1.08 bits per heavy atom. The van der Waals surface area contributed by atoms with E-state index in [1.54, 1.807) is 13.8 Å². The molecule has 2 aromatic carbocycles. The maximum atomic E-state index is 14.3. The summed E-state index contributed by atoms with van der Waals surface area (Å²) < 4.78 is 119. The van der Waals surface area contributed by atoms with E-state index >= 15 is 0 Å². The van der Waals surface area contributed by atoms with Gasteiger partial charge in [-0.2, -0.15) is 31.4 Å². The van der Waals surface area contributed by atoms with Gasteiger partial charge in [0.15, 0.2) is 11.6 Å². The first-order valence-electron chi connectivity index (χ1n) is 14.3. The zero-order chi connectivity index (χ0) is 35.6. The smallest absolute Gasteiger partial charge is 0.489 e. The average molecular weight is 693 g/mol. The number of carbonyl (C=O) groups excluding carboxylic acids is 3. The number of hydrogen-bond donors (Lipinski definition) is 2. The number of hydrogen-bond acceptors (Lipinski definition) is 8. The van der Waals surface area contributed by atoms with E-state index < -0.39 is 71.5 Å². The summed E-state index contributed by atoms with van der Waals surface area (Å²) in [5.74, 6) is -8.05. The van der Waals surface area contributed by atoms with Gasteiger partial charge in [0.05, 0.1) is 47.8 Å². The second-order valence-electron chi connectivity index (χ2n) is 11.0. The molecule has 2 N–H and O–H groups in total. The van der Waals surface area contributed by atoms with Gasteiger partial charge in [0.2, 0.25) is 0 Å². The van der Waals surface area contributed by atoms with Crippen molar-refractivity contribution in [1.29, 1.82) is 0 Å². The minimum absolute atomic E-state index is 0.0299. The predicted molar refractivity (Wildman–Crippen MR) is 151 cm³/mol. The highest BCUT2D eigenvalue weighted by atomic mass is 19.4. The van der Waals surface area contributed by atoms with Crippen molar-refractivity contribution < 1.29 is 64.1 Å². The number of nitrogens with zero attached hydrogens (tertiary/aromatic N) is 3. The van der Waals surface area contributed by atoms with Crippen molar-refractivity contribution in [2.45, 2.75) is 57.6 Å². The van der Waals surface area contributed by atoms with Gasteiger partial charge in [-0.3, -0.25) is 14.3 Å². The molecule has 10 nitrogen and oxygen atoms in total. The van der Waals surface area contributed by atoms with Crippen molar-refractivity contribution in [3.8, 4) is 5.75 Å². The Balaban J connectivity index is 1.65. The lowest BCUT2D eigenvalue weighted by atomic mass is 10.0. The van der Waals surface area contributed by atoms with E-state index in [1.807, 2.05) is 0 Å². The van der Waals surface area contributed by atoms with Gasteiger partial charge in [-0.05, 0) is 42.2 Å². The molecule has 1 aliphatic heterocycles. The molecule has 0 spiro atoms. The number of alkyl halides is 6. The van der Waals surface area contributed by atoms with Gasteiger partial charge in [-0.1, -0.05) is 13.8 Å². The molecule has 4 rings (SSSR count). The Bertz CT molecular complexity index is 1690. The molecule has 0 aliphatic carbocycles. The fourth-order valence-corrected chi connectivity index (χ4v) is 5.10. The summed E-state index contributed by atoms with van der Waals surface area (Å²) in [6, 6.07) is 4.01. The first-order valence-corrected chi connectivity index (χ1v) is 14.3. The first-order chi connectivity index (χ1) is 22.3. The summed E-state index contributed by atoms with van der Waals surface area (Å²) in [4.78, 5) is 38.2. The zero-order valence-electron chi connectivity index (χ0n) is 25.2. The van der Waals surface area contributed by atoms with E-state index in [0.717, 1.165) is 24.4 Å². The van der Waals surface area contributed by atoms with Gasteiger partial charge >= 0.3 is 24.3 Å². The fraction of sp³-hybridized carbons (Fsp3) is 0.400. The van der Waals surface area contributed by atoms with Crippen LogP contribution in [0.1, 0.15) is 53.4 Å². The number of aromatic nitrogens is 2. The van der Waals surface area contributed by atoms with Crippen molar-refractivity contribution >= 4 is 29.2 Å². The minimum atomic E-state index is -5.52. The van der Waals surface area contributed by atoms with Crippen LogP contribution in [-0.4, -0.2) is 64.7 Å². The van der Waals surface area contributed by atoms with Gasteiger partial charge in [-0.25, -0.2) is 13.6 Å². The molecule has 2 heterocycles. The first kappa shape index (κ1) is 36.1. The molecule has 0 radical (unpaired) electrons. The van der Waals surface area contributed by atoms with Crippen molar-refractivity contribution in [3.63, 3.8) is 0 Å². The Hall–Kier alpha value is -4.74. The maximum Gasteiger partial charge on any atom is 0.491 e. The molecule has 260 valence electrons. The molecule has 0 unspecified atom stereocenters. The third-order valence-electron chi connectivity index (χ3n) is 7.18. The Kier molecular flexibility index (Phi) is 10.7. The number of nitrogens with one attached hydrogen (secondary N) is 1. The van der Waals surface area contributed by atoms with E-state index in [0.29, 0.717) is 12.1 Å². The lowest BCUT2D eigenvalue weighted by Crippen LogP contribution is -2.29. The summed E-state index contributed by atoms with van der Waals surface area (Å²) in [6.45, 7) is 2.95. The van der Waals surface area contributed by atoms with Crippen LogP contribution < -0.4 is 15.0 Å². The molecular formula is C30H28F8N4O6. The largest absolute Gasteiger partial charge is 0.491 e. The fourth-order valence-electron chi connectivity index (χ4n) is 5.10. The number of halogens is 8. The Morgan fingerprint density at radius 3 is 2.38 bits per heavy atom. The molecular weight excluding hydrogens is 664 g/mol. The molecule has 3 aromatic rings. The zero-order valence-corrected chi connectivity index (χ0v) is 25.2. The van der Waals surface area contributed by atoms with Gasteiger partial charge < -0.3 is 24.8 Å². The number of amides is 1. The third kappa shape index (κ3) is 8.59. The number of rotatable bonds is 10. The highest BCUT2D eigenvalue weighted by Crippen LogP contribution is 2.41. The van der Waals surface area contributed by atoms with Crippen LogP contribution in [0.25, 0.3) is 0 Å². The van der Waals surface area contributed by atoms with E-state index in [9.17, 15) is 54.6 Å². The van der Waals surface area contributed by atoms with Crippen molar-refractivity contribution in [2.24, 2.45) is 0 Å². The number of aliphatic hydroxyl groups is 1. The second-order valence-corrected chi connectivity index (χ2v) is 11.0. The summed E-state index contributed by atoms with van der Waals surface area (Å²) in [6.07, 6.45) is -11.4. The SMILES string of the molecule is CC(C)c1c(C(=O)Nc2cc(CC(=O)OC(=O)C(F)(F)F)c(N3CC[C@H](O)C3)cc2C(F)(F)F)cnn1CCOc1ccc(F)cc1F. The minimum Gasteiger partial charge on any atom is -0.489 e. The molecule has 1 saturated heterocycles. The van der Waals surface area contributed by atoms with Crippen molar-refractivity contribution in [2.75, 3.05) is 29.9 Å². The number of carbonyl (C=O) groups is 3. The summed E-state index contributed by atoms with van der Waals surface area (Å²) in [5, 5.41) is 16.2. The standard InChI is InChI=1S/C30H28F8N4O6/c1-15(2)26-19(13-39-42(26)7-8-47-24-4-3-17(31)11-21(24)32)27(45)40-22-9-16(10-25(44)48-28(46)30(36,37)38)23(12-20(22)29(33,34)35)41-6-5-18(43)14-41/h3-4,9,11-13,15,18,43H,5-8,10,14H2,1-2H3,(H,40,45)/t18-/m0/s1. The lowest BCUT2D eigenvalue weighted by Gasteiger charge is -2.25. The number of ether oxygens (including phenoxy) is 2. The Labute approximate surface area is 267 Å². The second kappa shape index (κ2) is 14.2. The maximum absolute atomic E-state index is 14.3. The normalized spacial score (nSPS) is 15.2. The molecule has 1 aliphatic rings. The molecule has 18 heteroatoms. The molecule has 0 bridgehead atoms. The highest BCUT2D eigenvalue weighted by Gasteiger charge is 2.43. The average Bonchev–Trinajstić information content (AvgIpc) is 3.59. The summed E-state index contributed by atoms with van der Waals surface area (Å²) >= 11 is 0. The Morgan fingerprint density at radius 2 is 1.79 bits per heavy atom. The van der Waals surface area contributed by atoms with Crippen LogP contribution in [0.3, 0.4) is 0 Å². The number of benzene rings is 2. The van der Waals surface area contributed by atoms with E-state index in [4.69, 9.17) is 4.74 Å². The van der Waals surface area contributed by atoms with Crippen LogP contribution in [0.5, 0.6) is 5.75 Å². The van der Waals surface area contributed by atoms with Crippen LogP contribution >= 0.6 is 0 Å². The topological polar surface area (TPSA) is 123 Å². The third-order valence-corrected chi connectivity index (χ3v) is 7.18. The van der Waals surface area contributed by atoms with Gasteiger partial charge in [-0.15, -0.1) is 0 Å². The summed E-state index contributed by atoms with van der Waals surface area (Å²) in [7, 11) is 0. The molecule has 1 atom stereocenters. The van der Waals surface area contributed by atoms with E-state index in [1.165, 1.54) is 9.58 Å². The van der Waals surface area contributed by atoms with Crippen molar-refractivity contribution in [3.05, 3.63) is 70.5 Å². The lowest BCUT2D eigenvalue weighted by molar-refractivity contribution is -0.201. The molecule has 1 aromatic heterocycles. The molecule has 48 heavy (non-hydrogen) atoms. The quantitative estimate of drug-likeness (QED) is 0.165. The van der Waals surface area contributed by atoms with Crippen LogP contribution in [-0.2, 0) is 33.5 Å². The van der Waals surface area contributed by atoms with Gasteiger partial charge in [0.25, 0.3) is 5.91 Å². The van der Waals surface area contributed by atoms with Crippen LogP contribution in [0.2, 0.25) is 0 Å². The van der Waals surface area contributed by atoms with Crippen molar-refractivity contribution in [1.82, 2.24) is 9.78 Å². The number of aliphatic hydroxyl groups excluding tert-OH is 1. The highest BCUT2D eigenvalue weighted by molar-refractivity contribution is 6.06. The number of anilines is 2. The van der Waals surface area contributed by atoms with Gasteiger partial charge in [0, 0.05) is 24.8 Å². The predicted octanol–water partition coefficient (Wildman–Crippen LogP) is 5.38. The number of esters is 2. The van der Waals surface area contributed by atoms with E-state index in [2.05, 4.69) is 15.2 Å². The summed E-state index contributed by atoms with van der Waals surface area (Å²) in [5.41, 5.74) is -2.74. The molecule has 1 fully saturated rings. The van der Waals surface area contributed by atoms with Crippen LogP contribution in [0, 0.1) is 11.6 Å². The van der Waals surface area contributed by atoms with Crippen LogP contribution in [0.15, 0.2) is 36.5 Å². The monoisotopic (exact) mass is 692 g/mol. The number of β-amino-alcohol motifs (C(OH)–C–C–N with tert-alkyl or cyclic N) is 1.